The number of halogens is 3. The number of carbonyl (C=O) groups excluding carboxylic acids is 4. The predicted octanol–water partition coefficient (Wildman–Crippen LogP) is 5.14. The highest BCUT2D eigenvalue weighted by Crippen LogP contribution is 2.60. The molecule has 2 aromatic rings. The standard InChI is InChI=1S/C26H23Br2ClN2O4/c1-2-18(23(32)13-8-4-3-5-9-13)30(24(33)14-10-6-7-11-17(14)29)31-25(34)19-15-12-16(20(19)26(31)35)22(28)21(15)27/h3-11,15-16,18-22H,2,12H2,1H3/t15-,16-,18-,19-,20+,21+,22+/m1/s1. The van der Waals surface area contributed by atoms with Gasteiger partial charge in [-0.15, -0.1) is 0 Å². The van der Waals surface area contributed by atoms with E-state index in [-0.39, 0.29) is 44.3 Å². The number of carbonyl (C=O) groups is 4. The van der Waals surface area contributed by atoms with Gasteiger partial charge in [-0.2, -0.15) is 5.01 Å². The fourth-order valence-electron chi connectivity index (χ4n) is 5.94. The zero-order valence-electron chi connectivity index (χ0n) is 18.8. The van der Waals surface area contributed by atoms with Crippen molar-refractivity contribution in [1.29, 1.82) is 0 Å². The molecular weight excluding hydrogens is 600 g/mol. The number of hydrogen-bond donors (Lipinski definition) is 0. The van der Waals surface area contributed by atoms with Crippen LogP contribution in [0.3, 0.4) is 0 Å². The van der Waals surface area contributed by atoms with E-state index < -0.39 is 35.6 Å². The van der Waals surface area contributed by atoms with E-state index in [0.717, 1.165) is 16.4 Å². The van der Waals surface area contributed by atoms with Gasteiger partial charge < -0.3 is 0 Å². The molecule has 2 aromatic carbocycles. The molecule has 2 aliphatic carbocycles. The number of alkyl halides is 2. The first-order valence-electron chi connectivity index (χ1n) is 11.6. The second-order valence-corrected chi connectivity index (χ2v) is 11.8. The van der Waals surface area contributed by atoms with Gasteiger partial charge in [0, 0.05) is 15.2 Å². The van der Waals surface area contributed by atoms with Crippen molar-refractivity contribution in [3.8, 4) is 0 Å². The third-order valence-corrected chi connectivity index (χ3v) is 11.1. The van der Waals surface area contributed by atoms with Crippen LogP contribution in [0.4, 0.5) is 0 Å². The van der Waals surface area contributed by atoms with Gasteiger partial charge in [-0.3, -0.25) is 19.2 Å². The SMILES string of the molecule is CC[C@H](C(=O)c1ccccc1)N(C(=O)c1ccccc1Cl)N1C(=O)[C@@H]2[C@H]3C[C@@H]([C@H](Br)[C@H]3Br)[C@@H]2C1=O. The Morgan fingerprint density at radius 2 is 1.51 bits per heavy atom. The molecule has 182 valence electrons. The summed E-state index contributed by atoms with van der Waals surface area (Å²) in [6.07, 6.45) is 0.983. The van der Waals surface area contributed by atoms with E-state index in [1.54, 1.807) is 55.5 Å². The van der Waals surface area contributed by atoms with Crippen molar-refractivity contribution >= 4 is 67.0 Å². The molecule has 9 heteroatoms. The lowest BCUT2D eigenvalue weighted by Gasteiger charge is -2.36. The Labute approximate surface area is 225 Å². The Bertz CT molecular complexity index is 1180. The summed E-state index contributed by atoms with van der Waals surface area (Å²) in [5.41, 5.74) is 0.530. The van der Waals surface area contributed by atoms with Crippen LogP contribution in [-0.2, 0) is 9.59 Å². The van der Waals surface area contributed by atoms with Gasteiger partial charge in [0.1, 0.15) is 6.04 Å². The second-order valence-electron chi connectivity index (χ2n) is 9.28. The number of ketones is 1. The summed E-state index contributed by atoms with van der Waals surface area (Å²) in [7, 11) is 0. The van der Waals surface area contributed by atoms with Gasteiger partial charge in [0.05, 0.1) is 22.4 Å². The minimum atomic E-state index is -1.05. The number of rotatable bonds is 6. The number of hydrogen-bond acceptors (Lipinski definition) is 4. The molecule has 5 rings (SSSR count). The number of hydrazine groups is 1. The van der Waals surface area contributed by atoms with Crippen LogP contribution in [-0.4, -0.2) is 49.2 Å². The minimum absolute atomic E-state index is 0.0157. The van der Waals surface area contributed by atoms with Gasteiger partial charge in [-0.05, 0) is 36.8 Å². The average Bonchev–Trinajstić information content (AvgIpc) is 3.48. The molecular formula is C26H23Br2ClN2O4. The Morgan fingerprint density at radius 1 is 0.971 bits per heavy atom. The van der Waals surface area contributed by atoms with Crippen LogP contribution in [0.2, 0.25) is 5.02 Å². The summed E-state index contributed by atoms with van der Waals surface area (Å²) in [5.74, 6) is -2.89. The van der Waals surface area contributed by atoms with E-state index in [4.69, 9.17) is 11.6 Å². The number of benzene rings is 2. The summed E-state index contributed by atoms with van der Waals surface area (Å²) in [5, 5.41) is 2.22. The van der Waals surface area contributed by atoms with Gasteiger partial charge in [-0.25, -0.2) is 5.01 Å². The molecule has 0 aromatic heterocycles. The van der Waals surface area contributed by atoms with Gasteiger partial charge in [0.2, 0.25) is 0 Å². The molecule has 0 spiro atoms. The minimum Gasteiger partial charge on any atom is -0.292 e. The zero-order chi connectivity index (χ0) is 25.0. The molecule has 2 saturated carbocycles. The number of amides is 3. The third-order valence-electron chi connectivity index (χ3n) is 7.53. The van der Waals surface area contributed by atoms with Crippen molar-refractivity contribution in [3.63, 3.8) is 0 Å². The van der Waals surface area contributed by atoms with E-state index in [1.807, 2.05) is 0 Å². The molecule has 0 unspecified atom stereocenters. The summed E-state index contributed by atoms with van der Waals surface area (Å²) < 4.78 is 0. The summed E-state index contributed by atoms with van der Waals surface area (Å²) in [6.45, 7) is 1.76. The largest absolute Gasteiger partial charge is 0.292 e. The smallest absolute Gasteiger partial charge is 0.275 e. The quantitative estimate of drug-likeness (QED) is 0.254. The van der Waals surface area contributed by atoms with Crippen molar-refractivity contribution in [3.05, 3.63) is 70.7 Å². The van der Waals surface area contributed by atoms with Crippen molar-refractivity contribution in [2.45, 2.75) is 35.5 Å². The number of nitrogens with zero attached hydrogens (tertiary/aromatic N) is 2. The monoisotopic (exact) mass is 620 g/mol. The molecule has 7 atom stereocenters. The lowest BCUT2D eigenvalue weighted by atomic mass is 9.81. The van der Waals surface area contributed by atoms with Crippen LogP contribution < -0.4 is 0 Å². The molecule has 6 nitrogen and oxygen atoms in total. The number of Topliss-reactive ketones (excluding diaryl/α,β-unsaturated/α-hetero) is 1. The van der Waals surface area contributed by atoms with Gasteiger partial charge in [0.25, 0.3) is 17.7 Å². The van der Waals surface area contributed by atoms with E-state index in [1.165, 1.54) is 6.07 Å². The molecule has 1 heterocycles. The van der Waals surface area contributed by atoms with Gasteiger partial charge in [-0.1, -0.05) is 92.8 Å². The van der Waals surface area contributed by atoms with E-state index in [2.05, 4.69) is 31.9 Å². The third kappa shape index (κ3) is 3.80. The van der Waals surface area contributed by atoms with Crippen LogP contribution >= 0.6 is 43.5 Å². The highest BCUT2D eigenvalue weighted by molar-refractivity contribution is 9.12. The topological polar surface area (TPSA) is 74.8 Å². The summed E-state index contributed by atoms with van der Waals surface area (Å²) in [6, 6.07) is 14.0. The lowest BCUT2D eigenvalue weighted by Crippen LogP contribution is -2.57. The maximum Gasteiger partial charge on any atom is 0.275 e. The first kappa shape index (κ1) is 24.7. The van der Waals surface area contributed by atoms with E-state index in [0.29, 0.717) is 5.56 Å². The summed E-state index contributed by atoms with van der Waals surface area (Å²) >= 11 is 13.7. The van der Waals surface area contributed by atoms with Crippen LogP contribution in [0.1, 0.15) is 40.5 Å². The number of imide groups is 1. The predicted molar refractivity (Wildman–Crippen MR) is 138 cm³/mol. The molecule has 0 N–H and O–H groups in total. The highest BCUT2D eigenvalue weighted by atomic mass is 79.9. The molecule has 2 bridgehead atoms. The molecule has 3 amide bonds. The first-order valence-corrected chi connectivity index (χ1v) is 13.8. The maximum atomic E-state index is 13.9. The molecule has 0 radical (unpaired) electrons. The Kier molecular flexibility index (Phi) is 6.66. The molecule has 35 heavy (non-hydrogen) atoms. The van der Waals surface area contributed by atoms with Crippen molar-refractivity contribution < 1.29 is 19.2 Å². The van der Waals surface area contributed by atoms with Crippen molar-refractivity contribution in [2.75, 3.05) is 0 Å². The Balaban J connectivity index is 1.60. The van der Waals surface area contributed by atoms with Crippen LogP contribution in [0, 0.1) is 23.7 Å². The molecule has 3 aliphatic rings. The van der Waals surface area contributed by atoms with Crippen molar-refractivity contribution in [2.24, 2.45) is 23.7 Å². The normalized spacial score (nSPS) is 29.9. The van der Waals surface area contributed by atoms with E-state index in [9.17, 15) is 19.2 Å². The zero-order valence-corrected chi connectivity index (χ0v) is 22.7. The second kappa shape index (κ2) is 9.45. The fraction of sp³-hybridized carbons (Fsp3) is 0.385. The maximum absolute atomic E-state index is 13.9. The lowest BCUT2D eigenvalue weighted by molar-refractivity contribution is -0.157. The molecule has 1 aliphatic heterocycles. The Morgan fingerprint density at radius 3 is 2.06 bits per heavy atom. The van der Waals surface area contributed by atoms with Crippen LogP contribution in [0.15, 0.2) is 54.6 Å². The summed E-state index contributed by atoms with van der Waals surface area (Å²) in [4.78, 5) is 55.3. The van der Waals surface area contributed by atoms with Crippen molar-refractivity contribution in [1.82, 2.24) is 10.0 Å². The average molecular weight is 623 g/mol. The highest BCUT2D eigenvalue weighted by Gasteiger charge is 2.68. The van der Waals surface area contributed by atoms with Crippen LogP contribution in [0.25, 0.3) is 0 Å². The molecule has 1 saturated heterocycles. The molecule has 3 fully saturated rings. The first-order chi connectivity index (χ1) is 16.8. The fourth-order valence-corrected chi connectivity index (χ4v) is 8.03. The number of fused-ring (bicyclic) bond motifs is 5. The van der Waals surface area contributed by atoms with E-state index >= 15 is 0 Å². The van der Waals surface area contributed by atoms with Gasteiger partial charge in [0.15, 0.2) is 5.78 Å². The van der Waals surface area contributed by atoms with Gasteiger partial charge >= 0.3 is 0 Å². The Hall–Kier alpha value is -2.03. The van der Waals surface area contributed by atoms with Crippen LogP contribution in [0.5, 0.6) is 0 Å².